The van der Waals surface area contributed by atoms with E-state index in [0.29, 0.717) is 12.2 Å². The third-order valence-corrected chi connectivity index (χ3v) is 2.51. The molecule has 1 aromatic heterocycles. The number of nitrogens with zero attached hydrogens (tertiary/aromatic N) is 1. The molecule has 0 saturated heterocycles. The predicted octanol–water partition coefficient (Wildman–Crippen LogP) is 0.919. The van der Waals surface area contributed by atoms with Gasteiger partial charge in [0, 0.05) is 18.0 Å². The molecule has 0 spiro atoms. The quantitative estimate of drug-likeness (QED) is 0.781. The smallest absolute Gasteiger partial charge is 0.270 e. The van der Waals surface area contributed by atoms with Gasteiger partial charge in [0.15, 0.2) is 0 Å². The minimum Gasteiger partial charge on any atom is -0.351 e. The molecule has 0 aliphatic rings. The maximum atomic E-state index is 11.4. The van der Waals surface area contributed by atoms with Gasteiger partial charge in [-0.2, -0.15) is 0 Å². The number of thiazole rings is 1. The number of aryl methyl sites for hydroxylation is 1. The molecule has 1 rings (SSSR count). The lowest BCUT2D eigenvalue weighted by molar-refractivity contribution is 0.0948. The molecule has 3 N–H and O–H groups in total. The number of hydrogen-bond donors (Lipinski definition) is 2. The highest BCUT2D eigenvalue weighted by atomic mass is 32.1. The number of nitrogens with two attached hydrogens (primary N) is 1. The van der Waals surface area contributed by atoms with Gasteiger partial charge in [0.05, 0.1) is 5.01 Å². The van der Waals surface area contributed by atoms with Crippen LogP contribution in [0.15, 0.2) is 5.38 Å². The summed E-state index contributed by atoms with van der Waals surface area (Å²) in [7, 11) is 0. The van der Waals surface area contributed by atoms with Crippen molar-refractivity contribution in [2.45, 2.75) is 26.3 Å². The minimum absolute atomic E-state index is 0.116. The first-order chi connectivity index (χ1) is 6.59. The number of carbonyl (C=O) groups excluding carboxylic acids is 1. The third kappa shape index (κ3) is 3.43. The van der Waals surface area contributed by atoms with Gasteiger partial charge in [-0.25, -0.2) is 4.98 Å². The first-order valence-corrected chi connectivity index (χ1v) is 5.43. The van der Waals surface area contributed by atoms with Crippen molar-refractivity contribution in [1.29, 1.82) is 0 Å². The molecule has 0 fully saturated rings. The molecule has 0 saturated carbocycles. The zero-order valence-corrected chi connectivity index (χ0v) is 9.23. The molecule has 1 heterocycles. The van der Waals surface area contributed by atoms with Crippen molar-refractivity contribution in [3.8, 4) is 0 Å². The number of aromatic nitrogens is 1. The molecule has 0 radical (unpaired) electrons. The topological polar surface area (TPSA) is 68.0 Å². The number of hydrogen-bond acceptors (Lipinski definition) is 4. The fourth-order valence-corrected chi connectivity index (χ4v) is 1.56. The molecule has 1 unspecified atom stereocenters. The van der Waals surface area contributed by atoms with Crippen LogP contribution in [0.1, 0.15) is 28.8 Å². The van der Waals surface area contributed by atoms with Crippen molar-refractivity contribution in [1.82, 2.24) is 10.3 Å². The van der Waals surface area contributed by atoms with E-state index in [2.05, 4.69) is 10.3 Å². The Labute approximate surface area is 87.5 Å². The second kappa shape index (κ2) is 5.07. The lowest BCUT2D eigenvalue weighted by Crippen LogP contribution is -2.29. The summed E-state index contributed by atoms with van der Waals surface area (Å²) >= 11 is 1.48. The van der Waals surface area contributed by atoms with E-state index in [1.807, 2.05) is 13.8 Å². The number of carbonyl (C=O) groups is 1. The van der Waals surface area contributed by atoms with E-state index in [4.69, 9.17) is 5.73 Å². The lowest BCUT2D eigenvalue weighted by atomic mass is 10.2. The zero-order chi connectivity index (χ0) is 10.6. The van der Waals surface area contributed by atoms with Gasteiger partial charge in [-0.3, -0.25) is 4.79 Å². The highest BCUT2D eigenvalue weighted by molar-refractivity contribution is 7.09. The fraction of sp³-hybridized carbons (Fsp3) is 0.556. The summed E-state index contributed by atoms with van der Waals surface area (Å²) in [5.74, 6) is -0.116. The van der Waals surface area contributed by atoms with Crippen molar-refractivity contribution < 1.29 is 4.79 Å². The summed E-state index contributed by atoms with van der Waals surface area (Å²) in [4.78, 5) is 15.5. The van der Waals surface area contributed by atoms with Crippen molar-refractivity contribution in [2.75, 3.05) is 6.54 Å². The van der Waals surface area contributed by atoms with E-state index in [-0.39, 0.29) is 11.9 Å². The zero-order valence-electron chi connectivity index (χ0n) is 8.41. The molecule has 0 aliphatic carbocycles. The van der Waals surface area contributed by atoms with Gasteiger partial charge in [-0.15, -0.1) is 11.3 Å². The largest absolute Gasteiger partial charge is 0.351 e. The number of rotatable bonds is 4. The van der Waals surface area contributed by atoms with Gasteiger partial charge >= 0.3 is 0 Å². The van der Waals surface area contributed by atoms with Gasteiger partial charge in [-0.1, -0.05) is 0 Å². The Balaban J connectivity index is 2.36. The highest BCUT2D eigenvalue weighted by Gasteiger charge is 2.08. The SMILES string of the molecule is Cc1nc(C(=O)NCCC(C)N)cs1. The monoisotopic (exact) mass is 213 g/mol. The maximum Gasteiger partial charge on any atom is 0.270 e. The molecule has 1 aromatic rings. The molecule has 4 nitrogen and oxygen atoms in total. The predicted molar refractivity (Wildman–Crippen MR) is 57.5 cm³/mol. The summed E-state index contributed by atoms with van der Waals surface area (Å²) in [5, 5.41) is 5.43. The molecule has 1 atom stereocenters. The Morgan fingerprint density at radius 3 is 3.00 bits per heavy atom. The van der Waals surface area contributed by atoms with Crippen LogP contribution in [-0.2, 0) is 0 Å². The Bertz CT molecular complexity index is 309. The lowest BCUT2D eigenvalue weighted by Gasteiger charge is -2.05. The van der Waals surface area contributed by atoms with E-state index in [0.717, 1.165) is 11.4 Å². The summed E-state index contributed by atoms with van der Waals surface area (Å²) in [6.45, 7) is 4.40. The second-order valence-electron chi connectivity index (χ2n) is 3.27. The molecule has 5 heteroatoms. The molecule has 78 valence electrons. The van der Waals surface area contributed by atoms with Crippen LogP contribution in [0.25, 0.3) is 0 Å². The first kappa shape index (κ1) is 11.1. The molecule has 0 bridgehead atoms. The van der Waals surface area contributed by atoms with Crippen LogP contribution in [0.5, 0.6) is 0 Å². The summed E-state index contributed by atoms with van der Waals surface area (Å²) in [6, 6.07) is 0.118. The summed E-state index contributed by atoms with van der Waals surface area (Å²) < 4.78 is 0. The Hall–Kier alpha value is -0.940. The fourth-order valence-electron chi connectivity index (χ4n) is 0.972. The molecule has 1 amide bonds. The van der Waals surface area contributed by atoms with E-state index in [9.17, 15) is 4.79 Å². The van der Waals surface area contributed by atoms with Crippen LogP contribution in [0.4, 0.5) is 0 Å². The van der Waals surface area contributed by atoms with Gasteiger partial charge in [0.2, 0.25) is 0 Å². The van der Waals surface area contributed by atoms with Crippen molar-refractivity contribution >= 4 is 17.2 Å². The minimum atomic E-state index is -0.116. The van der Waals surface area contributed by atoms with Gasteiger partial charge < -0.3 is 11.1 Å². The third-order valence-electron chi connectivity index (χ3n) is 1.74. The Morgan fingerprint density at radius 1 is 1.79 bits per heavy atom. The van der Waals surface area contributed by atoms with E-state index in [1.165, 1.54) is 11.3 Å². The number of nitrogens with one attached hydrogen (secondary N) is 1. The van der Waals surface area contributed by atoms with Crippen LogP contribution in [0.3, 0.4) is 0 Å². The second-order valence-corrected chi connectivity index (χ2v) is 4.34. The van der Waals surface area contributed by atoms with E-state index in [1.54, 1.807) is 5.38 Å². The summed E-state index contributed by atoms with van der Waals surface area (Å²) in [5.41, 5.74) is 6.05. The van der Waals surface area contributed by atoms with E-state index >= 15 is 0 Å². The molecule has 14 heavy (non-hydrogen) atoms. The van der Waals surface area contributed by atoms with Crippen molar-refractivity contribution in [3.05, 3.63) is 16.1 Å². The van der Waals surface area contributed by atoms with Crippen LogP contribution in [0, 0.1) is 6.92 Å². The van der Waals surface area contributed by atoms with Gasteiger partial charge in [0.1, 0.15) is 5.69 Å². The van der Waals surface area contributed by atoms with E-state index < -0.39 is 0 Å². The first-order valence-electron chi connectivity index (χ1n) is 4.55. The van der Waals surface area contributed by atoms with Crippen molar-refractivity contribution in [2.24, 2.45) is 5.73 Å². The van der Waals surface area contributed by atoms with Crippen LogP contribution in [-0.4, -0.2) is 23.5 Å². The average Bonchev–Trinajstić information content (AvgIpc) is 2.51. The Morgan fingerprint density at radius 2 is 2.50 bits per heavy atom. The van der Waals surface area contributed by atoms with Crippen molar-refractivity contribution in [3.63, 3.8) is 0 Å². The molecular formula is C9H15N3OS. The van der Waals surface area contributed by atoms with Gasteiger partial charge in [0.25, 0.3) is 5.91 Å². The van der Waals surface area contributed by atoms with Crippen LogP contribution < -0.4 is 11.1 Å². The maximum absolute atomic E-state index is 11.4. The molecule has 0 aliphatic heterocycles. The Kier molecular flexibility index (Phi) is 4.03. The molecule has 0 aromatic carbocycles. The average molecular weight is 213 g/mol. The highest BCUT2D eigenvalue weighted by Crippen LogP contribution is 2.07. The molecular weight excluding hydrogens is 198 g/mol. The number of amides is 1. The summed E-state index contributed by atoms with van der Waals surface area (Å²) in [6.07, 6.45) is 0.787. The normalized spacial score (nSPS) is 12.5. The van der Waals surface area contributed by atoms with Crippen LogP contribution >= 0.6 is 11.3 Å². The van der Waals surface area contributed by atoms with Gasteiger partial charge in [-0.05, 0) is 20.3 Å². The standard InChI is InChI=1S/C9H15N3OS/c1-6(10)3-4-11-9(13)8-5-14-7(2)12-8/h5-6H,3-4,10H2,1-2H3,(H,11,13). The van der Waals surface area contributed by atoms with Crippen LogP contribution in [0.2, 0.25) is 0 Å².